The molecular weight excluding hydrogens is 262 g/mol. The van der Waals surface area contributed by atoms with Gasteiger partial charge in [0.1, 0.15) is 17.9 Å². The summed E-state index contributed by atoms with van der Waals surface area (Å²) in [7, 11) is 1.67. The van der Waals surface area contributed by atoms with Gasteiger partial charge < -0.3 is 10.1 Å². The van der Waals surface area contributed by atoms with Crippen molar-refractivity contribution in [2.45, 2.75) is 13.8 Å². The lowest BCUT2D eigenvalue weighted by atomic mass is 10.1. The van der Waals surface area contributed by atoms with Crippen molar-refractivity contribution >= 4 is 22.4 Å². The molecule has 0 atom stereocenters. The normalized spacial score (nSPS) is 10.6. The average molecular weight is 279 g/mol. The smallest absolute Gasteiger partial charge is 0.141 e. The molecule has 3 rings (SSSR count). The first-order valence-electron chi connectivity index (χ1n) is 6.80. The third-order valence-corrected chi connectivity index (χ3v) is 3.48. The maximum Gasteiger partial charge on any atom is 0.141 e. The monoisotopic (exact) mass is 279 g/mol. The number of nitrogens with one attached hydrogen (secondary N) is 1. The zero-order valence-corrected chi connectivity index (χ0v) is 12.3. The van der Waals surface area contributed by atoms with Gasteiger partial charge in [0, 0.05) is 11.1 Å². The minimum absolute atomic E-state index is 0.817. The van der Waals surface area contributed by atoms with E-state index in [1.54, 1.807) is 13.4 Å². The number of aromatic nitrogens is 2. The third-order valence-electron chi connectivity index (χ3n) is 3.48. The van der Waals surface area contributed by atoms with Crippen LogP contribution in [0.3, 0.4) is 0 Å². The molecule has 21 heavy (non-hydrogen) atoms. The number of anilines is 2. The van der Waals surface area contributed by atoms with Crippen LogP contribution in [-0.2, 0) is 0 Å². The van der Waals surface area contributed by atoms with Crippen molar-refractivity contribution in [2.75, 3.05) is 12.4 Å². The van der Waals surface area contributed by atoms with Gasteiger partial charge in [-0.05, 0) is 49.7 Å². The van der Waals surface area contributed by atoms with E-state index in [9.17, 15) is 0 Å². The summed E-state index contributed by atoms with van der Waals surface area (Å²) >= 11 is 0. The quantitative estimate of drug-likeness (QED) is 0.787. The molecule has 106 valence electrons. The molecule has 0 amide bonds. The molecule has 2 aromatic carbocycles. The van der Waals surface area contributed by atoms with Gasteiger partial charge in [-0.1, -0.05) is 11.6 Å². The molecule has 0 bridgehead atoms. The van der Waals surface area contributed by atoms with E-state index in [1.807, 2.05) is 31.2 Å². The van der Waals surface area contributed by atoms with Crippen LogP contribution in [0.2, 0.25) is 0 Å². The Labute approximate surface area is 123 Å². The van der Waals surface area contributed by atoms with Gasteiger partial charge in [0.05, 0.1) is 12.6 Å². The van der Waals surface area contributed by atoms with Gasteiger partial charge in [-0.2, -0.15) is 0 Å². The maximum atomic E-state index is 5.23. The number of methoxy groups -OCH3 is 1. The lowest BCUT2D eigenvalue weighted by Crippen LogP contribution is -1.98. The molecule has 0 unspecified atom stereocenters. The van der Waals surface area contributed by atoms with E-state index in [2.05, 4.69) is 34.3 Å². The molecule has 1 N–H and O–H groups in total. The highest BCUT2D eigenvalue weighted by Gasteiger charge is 2.06. The Morgan fingerprint density at radius 2 is 1.86 bits per heavy atom. The molecule has 0 saturated heterocycles. The van der Waals surface area contributed by atoms with E-state index in [4.69, 9.17) is 4.74 Å². The van der Waals surface area contributed by atoms with Gasteiger partial charge in [-0.15, -0.1) is 0 Å². The highest BCUT2D eigenvalue weighted by atomic mass is 16.5. The van der Waals surface area contributed by atoms with Crippen molar-refractivity contribution in [3.8, 4) is 5.75 Å². The van der Waals surface area contributed by atoms with Crippen LogP contribution >= 0.6 is 0 Å². The summed E-state index contributed by atoms with van der Waals surface area (Å²) in [5.41, 5.74) is 4.24. The van der Waals surface area contributed by atoms with Crippen molar-refractivity contribution in [1.29, 1.82) is 0 Å². The summed E-state index contributed by atoms with van der Waals surface area (Å²) in [6.07, 6.45) is 1.58. The van der Waals surface area contributed by atoms with Crippen LogP contribution in [0.15, 0.2) is 42.7 Å². The summed E-state index contributed by atoms with van der Waals surface area (Å²) in [5, 5.41) is 4.41. The van der Waals surface area contributed by atoms with E-state index >= 15 is 0 Å². The second kappa shape index (κ2) is 5.40. The molecule has 0 aliphatic rings. The first-order valence-corrected chi connectivity index (χ1v) is 6.80. The number of benzene rings is 2. The van der Waals surface area contributed by atoms with Crippen molar-refractivity contribution in [1.82, 2.24) is 9.97 Å². The number of rotatable bonds is 3. The Kier molecular flexibility index (Phi) is 3.44. The van der Waals surface area contributed by atoms with Crippen LogP contribution in [-0.4, -0.2) is 17.1 Å². The highest BCUT2D eigenvalue weighted by molar-refractivity contribution is 5.91. The average Bonchev–Trinajstić information content (AvgIpc) is 2.49. The molecule has 0 fully saturated rings. The van der Waals surface area contributed by atoms with Crippen LogP contribution in [0.25, 0.3) is 10.9 Å². The topological polar surface area (TPSA) is 47.0 Å². The first-order chi connectivity index (χ1) is 10.2. The van der Waals surface area contributed by atoms with Crippen molar-refractivity contribution in [3.63, 3.8) is 0 Å². The Bertz CT molecular complexity index is 799. The minimum atomic E-state index is 0.817. The number of nitrogens with zero attached hydrogens (tertiary/aromatic N) is 2. The number of fused-ring (bicyclic) bond motifs is 1. The molecule has 0 saturated carbocycles. The van der Waals surface area contributed by atoms with Crippen LogP contribution in [0.5, 0.6) is 5.75 Å². The van der Waals surface area contributed by atoms with Crippen LogP contribution < -0.4 is 10.1 Å². The maximum absolute atomic E-state index is 5.23. The number of hydrogen-bond donors (Lipinski definition) is 1. The zero-order valence-electron chi connectivity index (χ0n) is 12.3. The predicted octanol–water partition coefficient (Wildman–Crippen LogP) is 4.00. The molecule has 1 aromatic heterocycles. The predicted molar refractivity (Wildman–Crippen MR) is 85.3 cm³/mol. The molecule has 0 spiro atoms. The Morgan fingerprint density at radius 1 is 1.00 bits per heavy atom. The Balaban J connectivity index is 2.04. The van der Waals surface area contributed by atoms with Crippen molar-refractivity contribution in [3.05, 3.63) is 53.9 Å². The van der Waals surface area contributed by atoms with Gasteiger partial charge in [0.25, 0.3) is 0 Å². The lowest BCUT2D eigenvalue weighted by molar-refractivity contribution is 0.414. The van der Waals surface area contributed by atoms with Gasteiger partial charge in [0.15, 0.2) is 0 Å². The third kappa shape index (κ3) is 2.65. The fourth-order valence-electron chi connectivity index (χ4n) is 2.30. The fourth-order valence-corrected chi connectivity index (χ4v) is 2.30. The van der Waals surface area contributed by atoms with Gasteiger partial charge in [-0.25, -0.2) is 9.97 Å². The summed E-state index contributed by atoms with van der Waals surface area (Å²) in [5.74, 6) is 1.67. The molecule has 4 heteroatoms. The molecule has 0 radical (unpaired) electrons. The number of aryl methyl sites for hydroxylation is 2. The number of hydrogen-bond acceptors (Lipinski definition) is 4. The lowest BCUT2D eigenvalue weighted by Gasteiger charge is -2.12. The first kappa shape index (κ1) is 13.4. The standard InChI is InChI=1S/C17H17N3O/c1-11-4-6-16-14(8-11)17(19-10-18-16)20-15-7-5-13(21-3)9-12(15)2/h4-10H,1-3H3,(H,18,19,20). The molecule has 0 aliphatic heterocycles. The van der Waals surface area contributed by atoms with Crippen molar-refractivity contribution < 1.29 is 4.74 Å². The van der Waals surface area contributed by atoms with Crippen LogP contribution in [0, 0.1) is 13.8 Å². The highest BCUT2D eigenvalue weighted by Crippen LogP contribution is 2.27. The second-order valence-corrected chi connectivity index (χ2v) is 5.05. The zero-order chi connectivity index (χ0) is 14.8. The summed E-state index contributed by atoms with van der Waals surface area (Å²) in [4.78, 5) is 8.68. The fraction of sp³-hybridized carbons (Fsp3) is 0.176. The molecular formula is C17H17N3O. The largest absolute Gasteiger partial charge is 0.497 e. The van der Waals surface area contributed by atoms with Gasteiger partial charge in [0.2, 0.25) is 0 Å². The Morgan fingerprint density at radius 3 is 2.62 bits per heavy atom. The molecule has 3 aromatic rings. The SMILES string of the molecule is COc1ccc(Nc2ncnc3ccc(C)cc23)c(C)c1. The van der Waals surface area contributed by atoms with Gasteiger partial charge >= 0.3 is 0 Å². The summed E-state index contributed by atoms with van der Waals surface area (Å²) < 4.78 is 5.23. The summed E-state index contributed by atoms with van der Waals surface area (Å²) in [6, 6.07) is 12.1. The molecule has 4 nitrogen and oxygen atoms in total. The molecule has 1 heterocycles. The van der Waals surface area contributed by atoms with Crippen LogP contribution in [0.1, 0.15) is 11.1 Å². The van der Waals surface area contributed by atoms with Crippen LogP contribution in [0.4, 0.5) is 11.5 Å². The molecule has 0 aliphatic carbocycles. The minimum Gasteiger partial charge on any atom is -0.497 e. The van der Waals surface area contributed by atoms with E-state index < -0.39 is 0 Å². The van der Waals surface area contributed by atoms with E-state index in [0.717, 1.165) is 33.7 Å². The van der Waals surface area contributed by atoms with Gasteiger partial charge in [-0.3, -0.25) is 0 Å². The van der Waals surface area contributed by atoms with Crippen molar-refractivity contribution in [2.24, 2.45) is 0 Å². The second-order valence-electron chi connectivity index (χ2n) is 5.05. The van der Waals surface area contributed by atoms with E-state index in [0.29, 0.717) is 0 Å². The van der Waals surface area contributed by atoms with E-state index in [1.165, 1.54) is 5.56 Å². The summed E-state index contributed by atoms with van der Waals surface area (Å²) in [6.45, 7) is 4.11. The van der Waals surface area contributed by atoms with E-state index in [-0.39, 0.29) is 0 Å². The number of ether oxygens (including phenoxy) is 1. The Hall–Kier alpha value is -2.62.